The Balaban J connectivity index is 1.53. The summed E-state index contributed by atoms with van der Waals surface area (Å²) >= 11 is 0. The van der Waals surface area contributed by atoms with E-state index in [4.69, 9.17) is 0 Å². The highest BCUT2D eigenvalue weighted by Crippen LogP contribution is 2.27. The second kappa shape index (κ2) is 5.08. The molecule has 1 saturated heterocycles. The average Bonchev–Trinajstić information content (AvgIpc) is 2.76. The summed E-state index contributed by atoms with van der Waals surface area (Å²) in [7, 11) is 0. The van der Waals surface area contributed by atoms with Crippen LogP contribution < -0.4 is 16.2 Å². The molecule has 1 aliphatic carbocycles. The van der Waals surface area contributed by atoms with Crippen LogP contribution in [0.1, 0.15) is 37.3 Å². The molecule has 1 saturated carbocycles. The van der Waals surface area contributed by atoms with Crippen LogP contribution in [-0.4, -0.2) is 12.1 Å². The number of amides is 1. The van der Waals surface area contributed by atoms with Gasteiger partial charge in [0.2, 0.25) is 5.91 Å². The van der Waals surface area contributed by atoms with Gasteiger partial charge >= 0.3 is 0 Å². The van der Waals surface area contributed by atoms with Gasteiger partial charge in [0.05, 0.1) is 6.17 Å². The van der Waals surface area contributed by atoms with Gasteiger partial charge in [-0.15, -0.1) is 0 Å². The minimum Gasteiger partial charge on any atom is -0.339 e. The summed E-state index contributed by atoms with van der Waals surface area (Å²) in [6.07, 6.45) is 4.23. The largest absolute Gasteiger partial charge is 0.339 e. The van der Waals surface area contributed by atoms with Gasteiger partial charge < -0.3 is 5.32 Å². The molecule has 18 heavy (non-hydrogen) atoms. The first-order valence-electron chi connectivity index (χ1n) is 6.69. The van der Waals surface area contributed by atoms with Crippen LogP contribution in [0.15, 0.2) is 30.3 Å². The fraction of sp³-hybridized carbons (Fsp3) is 0.500. The van der Waals surface area contributed by atoms with Gasteiger partial charge in [-0.05, 0) is 18.4 Å². The van der Waals surface area contributed by atoms with E-state index in [0.29, 0.717) is 0 Å². The number of carbonyl (C=O) groups excluding carboxylic acids is 1. The molecular weight excluding hydrogens is 226 g/mol. The molecule has 2 fully saturated rings. The molecule has 2 unspecified atom stereocenters. The van der Waals surface area contributed by atoms with Crippen LogP contribution in [0.4, 0.5) is 0 Å². The van der Waals surface area contributed by atoms with Crippen molar-refractivity contribution in [3.63, 3.8) is 0 Å². The molecule has 1 amide bonds. The summed E-state index contributed by atoms with van der Waals surface area (Å²) in [5.41, 5.74) is 7.65. The first kappa shape index (κ1) is 11.7. The van der Waals surface area contributed by atoms with Crippen LogP contribution in [0.25, 0.3) is 0 Å². The lowest BCUT2D eigenvalue weighted by atomic mass is 9.85. The standard InChI is InChI=1S/C14H19N3O/c18-14(11-7-4-8-11)15-13-9-12(16-17-13)10-5-2-1-3-6-10/h1-3,5-6,11-13,16-17H,4,7-9H2,(H,15,18). The quantitative estimate of drug-likeness (QED) is 0.756. The predicted octanol–water partition coefficient (Wildman–Crippen LogP) is 1.47. The Labute approximate surface area is 107 Å². The van der Waals surface area contributed by atoms with E-state index in [9.17, 15) is 4.79 Å². The number of carbonyl (C=O) groups is 1. The zero-order valence-corrected chi connectivity index (χ0v) is 10.4. The molecule has 1 aromatic carbocycles. The average molecular weight is 245 g/mol. The smallest absolute Gasteiger partial charge is 0.224 e. The predicted molar refractivity (Wildman–Crippen MR) is 69.3 cm³/mol. The molecule has 1 aliphatic heterocycles. The van der Waals surface area contributed by atoms with Crippen molar-refractivity contribution in [2.24, 2.45) is 5.92 Å². The number of rotatable bonds is 3. The normalized spacial score (nSPS) is 27.8. The van der Waals surface area contributed by atoms with Gasteiger partial charge in [-0.25, -0.2) is 10.9 Å². The molecule has 1 heterocycles. The molecule has 3 rings (SSSR count). The summed E-state index contributed by atoms with van der Waals surface area (Å²) in [5.74, 6) is 0.455. The number of hydrogen-bond acceptors (Lipinski definition) is 3. The summed E-state index contributed by atoms with van der Waals surface area (Å²) in [6.45, 7) is 0. The van der Waals surface area contributed by atoms with Gasteiger partial charge in [0.1, 0.15) is 0 Å². The Morgan fingerprint density at radius 3 is 2.61 bits per heavy atom. The Bertz CT molecular complexity index is 416. The number of hydrazine groups is 1. The molecule has 0 bridgehead atoms. The lowest BCUT2D eigenvalue weighted by Gasteiger charge is -2.25. The molecule has 96 valence electrons. The van der Waals surface area contributed by atoms with Gasteiger partial charge in [0, 0.05) is 18.4 Å². The van der Waals surface area contributed by atoms with Crippen LogP contribution in [0.5, 0.6) is 0 Å². The van der Waals surface area contributed by atoms with Gasteiger partial charge in [-0.1, -0.05) is 36.8 Å². The minimum atomic E-state index is 0.0447. The molecule has 0 radical (unpaired) electrons. The van der Waals surface area contributed by atoms with Gasteiger partial charge in [-0.3, -0.25) is 4.79 Å². The fourth-order valence-electron chi connectivity index (χ4n) is 2.51. The van der Waals surface area contributed by atoms with Crippen molar-refractivity contribution in [2.45, 2.75) is 37.9 Å². The van der Waals surface area contributed by atoms with Crippen molar-refractivity contribution in [3.8, 4) is 0 Å². The van der Waals surface area contributed by atoms with Crippen LogP contribution in [-0.2, 0) is 4.79 Å². The Hall–Kier alpha value is -1.39. The van der Waals surface area contributed by atoms with Crippen molar-refractivity contribution in [3.05, 3.63) is 35.9 Å². The summed E-state index contributed by atoms with van der Waals surface area (Å²) < 4.78 is 0. The highest BCUT2D eigenvalue weighted by Gasteiger charge is 2.30. The first-order valence-corrected chi connectivity index (χ1v) is 6.69. The Morgan fingerprint density at radius 1 is 1.17 bits per heavy atom. The second-order valence-electron chi connectivity index (χ2n) is 5.18. The molecular formula is C14H19N3O. The summed E-state index contributed by atoms with van der Waals surface area (Å²) in [5, 5.41) is 3.07. The second-order valence-corrected chi connectivity index (χ2v) is 5.18. The van der Waals surface area contributed by atoms with Crippen molar-refractivity contribution in [2.75, 3.05) is 0 Å². The van der Waals surface area contributed by atoms with E-state index in [1.54, 1.807) is 0 Å². The monoisotopic (exact) mass is 245 g/mol. The highest BCUT2D eigenvalue weighted by molar-refractivity contribution is 5.79. The van der Waals surface area contributed by atoms with Crippen molar-refractivity contribution in [1.29, 1.82) is 0 Å². The number of hydrogen-bond donors (Lipinski definition) is 3. The number of benzene rings is 1. The lowest BCUT2D eigenvalue weighted by molar-refractivity contribution is -0.128. The SMILES string of the molecule is O=C(NC1CC(c2ccccc2)NN1)C1CCC1. The molecule has 1 aromatic rings. The summed E-state index contributed by atoms with van der Waals surface area (Å²) in [4.78, 5) is 11.8. The van der Waals surface area contributed by atoms with Crippen LogP contribution >= 0.6 is 0 Å². The minimum absolute atomic E-state index is 0.0447. The third-order valence-electron chi connectivity index (χ3n) is 3.90. The van der Waals surface area contributed by atoms with Gasteiger partial charge in [0.15, 0.2) is 0 Å². The molecule has 4 heteroatoms. The molecule has 0 aromatic heterocycles. The Kier molecular flexibility index (Phi) is 3.30. The maximum Gasteiger partial charge on any atom is 0.224 e. The van der Waals surface area contributed by atoms with E-state index in [1.165, 1.54) is 12.0 Å². The van der Waals surface area contributed by atoms with E-state index in [-0.39, 0.29) is 24.0 Å². The molecule has 4 nitrogen and oxygen atoms in total. The molecule has 2 aliphatic rings. The molecule has 0 spiro atoms. The van der Waals surface area contributed by atoms with Crippen molar-refractivity contribution < 1.29 is 4.79 Å². The van der Waals surface area contributed by atoms with Gasteiger partial charge in [0.25, 0.3) is 0 Å². The fourth-order valence-corrected chi connectivity index (χ4v) is 2.51. The van der Waals surface area contributed by atoms with E-state index in [0.717, 1.165) is 19.3 Å². The van der Waals surface area contributed by atoms with Crippen LogP contribution in [0.2, 0.25) is 0 Å². The Morgan fingerprint density at radius 2 is 1.94 bits per heavy atom. The lowest BCUT2D eigenvalue weighted by Crippen LogP contribution is -2.47. The zero-order chi connectivity index (χ0) is 12.4. The third-order valence-corrected chi connectivity index (χ3v) is 3.90. The van der Waals surface area contributed by atoms with E-state index in [1.807, 2.05) is 18.2 Å². The van der Waals surface area contributed by atoms with Crippen molar-refractivity contribution in [1.82, 2.24) is 16.2 Å². The van der Waals surface area contributed by atoms with E-state index in [2.05, 4.69) is 28.3 Å². The number of nitrogens with one attached hydrogen (secondary N) is 3. The van der Waals surface area contributed by atoms with E-state index < -0.39 is 0 Å². The maximum atomic E-state index is 11.8. The zero-order valence-electron chi connectivity index (χ0n) is 10.4. The topological polar surface area (TPSA) is 53.2 Å². The molecule has 2 atom stereocenters. The van der Waals surface area contributed by atoms with Crippen LogP contribution in [0.3, 0.4) is 0 Å². The maximum absolute atomic E-state index is 11.8. The third kappa shape index (κ3) is 2.40. The molecule has 3 N–H and O–H groups in total. The van der Waals surface area contributed by atoms with Gasteiger partial charge in [-0.2, -0.15) is 0 Å². The van der Waals surface area contributed by atoms with E-state index >= 15 is 0 Å². The highest BCUT2D eigenvalue weighted by atomic mass is 16.2. The summed E-state index contributed by atoms with van der Waals surface area (Å²) in [6, 6.07) is 10.6. The van der Waals surface area contributed by atoms with Crippen molar-refractivity contribution >= 4 is 5.91 Å². The first-order chi connectivity index (χ1) is 8.83. The van der Waals surface area contributed by atoms with Crippen LogP contribution in [0, 0.1) is 5.92 Å².